The smallest absolute Gasteiger partial charge is 0.393 e. The normalized spacial score (nSPS) is 26.9. The number of sulfone groups is 1. The summed E-state index contributed by atoms with van der Waals surface area (Å²) in [5.41, 5.74) is 1.17. The van der Waals surface area contributed by atoms with Gasteiger partial charge in [0.05, 0.1) is 17.8 Å². The number of aliphatic imine (C=N–C) groups is 1. The predicted molar refractivity (Wildman–Crippen MR) is 131 cm³/mol. The number of methoxy groups -OCH3 is 1. The third-order valence-corrected chi connectivity index (χ3v) is 9.32. The molecular formula is C24H36N4O6S. The highest BCUT2D eigenvalue weighted by atomic mass is 32.2. The summed E-state index contributed by atoms with van der Waals surface area (Å²) in [6.45, 7) is 7.52. The maximum absolute atomic E-state index is 13.5. The number of nitrogens with zero attached hydrogens (tertiary/aromatic N) is 4. The van der Waals surface area contributed by atoms with E-state index in [9.17, 15) is 18.3 Å². The Hall–Kier alpha value is -2.21. The number of ether oxygens (including phenoxy) is 1. The monoisotopic (exact) mass is 508 g/mol. The molecule has 3 atom stereocenters. The van der Waals surface area contributed by atoms with Gasteiger partial charge in [-0.2, -0.15) is 0 Å². The van der Waals surface area contributed by atoms with Crippen molar-refractivity contribution in [2.75, 3.05) is 46.1 Å². The molecule has 1 aromatic rings. The third-order valence-electron chi connectivity index (χ3n) is 7.32. The number of aliphatic carboxylic acids is 1. The van der Waals surface area contributed by atoms with Crippen LogP contribution < -0.4 is 4.74 Å². The number of hydrogen-bond donors (Lipinski definition) is 1. The zero-order valence-electron chi connectivity index (χ0n) is 20.9. The van der Waals surface area contributed by atoms with E-state index < -0.39 is 27.9 Å². The van der Waals surface area contributed by atoms with Crippen LogP contribution in [-0.2, 0) is 19.5 Å². The standard InChI is InChI=1S/C24H36N4O6S/c1-16-12-20(33-4)13-17(2)22(16)35(31,32)15-21-25-23(24(29)30)34-28(21)19-7-5-6-18(14-19)27-10-8-26(3)9-11-27/h12-13,18-19,21H,5-11,14-15H2,1-4H3,(H,29,30)/t18-,19+,21?/m1/s1. The molecule has 3 aliphatic rings. The van der Waals surface area contributed by atoms with Crippen molar-refractivity contribution >= 4 is 21.7 Å². The van der Waals surface area contributed by atoms with Gasteiger partial charge in [-0.3, -0.25) is 4.90 Å². The number of carboxylic acid groups (broad SMARTS) is 1. The Morgan fingerprint density at radius 2 is 1.77 bits per heavy atom. The quantitative estimate of drug-likeness (QED) is 0.588. The summed E-state index contributed by atoms with van der Waals surface area (Å²) in [4.78, 5) is 26.6. The number of hydroxylamine groups is 2. The van der Waals surface area contributed by atoms with E-state index in [4.69, 9.17) is 9.57 Å². The highest BCUT2D eigenvalue weighted by Crippen LogP contribution is 2.33. The second kappa shape index (κ2) is 10.4. The fraction of sp³-hybridized carbons (Fsp3) is 0.667. The largest absolute Gasteiger partial charge is 0.497 e. The van der Waals surface area contributed by atoms with E-state index in [1.807, 2.05) is 0 Å². The van der Waals surface area contributed by atoms with E-state index in [1.54, 1.807) is 26.0 Å². The van der Waals surface area contributed by atoms with Crippen LogP contribution in [-0.4, -0.2) is 105 Å². The van der Waals surface area contributed by atoms with E-state index in [2.05, 4.69) is 21.8 Å². The van der Waals surface area contributed by atoms with Crippen LogP contribution in [0, 0.1) is 13.8 Å². The molecule has 1 aromatic carbocycles. The van der Waals surface area contributed by atoms with Gasteiger partial charge in [-0.1, -0.05) is 6.42 Å². The Morgan fingerprint density at radius 1 is 1.14 bits per heavy atom. The molecule has 2 fully saturated rings. The average molecular weight is 509 g/mol. The number of aryl methyl sites for hydroxylation is 2. The molecule has 0 aromatic heterocycles. The van der Waals surface area contributed by atoms with Gasteiger partial charge in [0.2, 0.25) is 0 Å². The number of carboxylic acids is 1. The summed E-state index contributed by atoms with van der Waals surface area (Å²) in [5, 5.41) is 11.1. The van der Waals surface area contributed by atoms with E-state index >= 15 is 0 Å². The van der Waals surface area contributed by atoms with Gasteiger partial charge in [0.15, 0.2) is 16.0 Å². The SMILES string of the molecule is COc1cc(C)c(S(=O)(=O)CC2N=C(C(=O)O)ON2[C@H]2CCC[C@@H](N3CCN(C)CC3)C2)c(C)c1. The number of rotatable bonds is 7. The van der Waals surface area contributed by atoms with Crippen molar-refractivity contribution < 1.29 is 27.9 Å². The summed E-state index contributed by atoms with van der Waals surface area (Å²) in [6, 6.07) is 3.64. The maximum atomic E-state index is 13.5. The lowest BCUT2D eigenvalue weighted by atomic mass is 9.89. The molecule has 2 aliphatic heterocycles. The maximum Gasteiger partial charge on any atom is 0.393 e. The Labute approximate surface area is 207 Å². The van der Waals surface area contributed by atoms with Gasteiger partial charge in [-0.25, -0.2) is 18.2 Å². The molecule has 1 aliphatic carbocycles. The van der Waals surface area contributed by atoms with Gasteiger partial charge in [0, 0.05) is 38.3 Å². The molecule has 10 nitrogen and oxygen atoms in total. The minimum Gasteiger partial charge on any atom is -0.497 e. The van der Waals surface area contributed by atoms with E-state index in [1.165, 1.54) is 12.2 Å². The Bertz CT molecular complexity index is 1060. The molecule has 1 saturated carbocycles. The van der Waals surface area contributed by atoms with Crippen molar-refractivity contribution in [3.05, 3.63) is 23.3 Å². The van der Waals surface area contributed by atoms with Gasteiger partial charge in [-0.15, -0.1) is 5.06 Å². The fourth-order valence-electron chi connectivity index (χ4n) is 5.59. The van der Waals surface area contributed by atoms with E-state index in [-0.39, 0.29) is 16.7 Å². The topological polar surface area (TPSA) is 112 Å². The molecule has 1 N–H and O–H groups in total. The Kier molecular flexibility index (Phi) is 7.70. The average Bonchev–Trinajstić information content (AvgIpc) is 3.22. The van der Waals surface area contributed by atoms with Crippen LogP contribution in [0.1, 0.15) is 36.8 Å². The molecule has 35 heavy (non-hydrogen) atoms. The lowest BCUT2D eigenvalue weighted by Crippen LogP contribution is -2.53. The molecule has 194 valence electrons. The van der Waals surface area contributed by atoms with Gasteiger partial charge in [0.25, 0.3) is 0 Å². The molecule has 0 radical (unpaired) electrons. The van der Waals surface area contributed by atoms with Gasteiger partial charge in [0.1, 0.15) is 5.75 Å². The molecule has 0 spiro atoms. The Morgan fingerprint density at radius 3 is 2.37 bits per heavy atom. The van der Waals surface area contributed by atoms with Crippen LogP contribution in [0.25, 0.3) is 0 Å². The van der Waals surface area contributed by atoms with Crippen molar-refractivity contribution in [2.45, 2.75) is 62.7 Å². The van der Waals surface area contributed by atoms with Crippen molar-refractivity contribution in [3.8, 4) is 5.75 Å². The number of benzene rings is 1. The molecule has 11 heteroatoms. The zero-order valence-corrected chi connectivity index (χ0v) is 21.8. The first-order chi connectivity index (χ1) is 16.6. The predicted octanol–water partition coefficient (Wildman–Crippen LogP) is 1.70. The van der Waals surface area contributed by atoms with Crippen molar-refractivity contribution in [2.24, 2.45) is 4.99 Å². The fourth-order valence-corrected chi connectivity index (χ4v) is 7.47. The van der Waals surface area contributed by atoms with Crippen LogP contribution >= 0.6 is 0 Å². The van der Waals surface area contributed by atoms with Crippen LogP contribution in [0.4, 0.5) is 0 Å². The first-order valence-corrected chi connectivity index (χ1v) is 13.8. The van der Waals surface area contributed by atoms with Crippen molar-refractivity contribution in [3.63, 3.8) is 0 Å². The highest BCUT2D eigenvalue weighted by molar-refractivity contribution is 7.91. The minimum atomic E-state index is -3.78. The van der Waals surface area contributed by atoms with Gasteiger partial charge in [-0.05, 0) is 63.4 Å². The van der Waals surface area contributed by atoms with Crippen molar-refractivity contribution in [1.82, 2.24) is 14.9 Å². The van der Waals surface area contributed by atoms with E-state index in [0.29, 0.717) is 22.9 Å². The van der Waals surface area contributed by atoms with Crippen molar-refractivity contribution in [1.29, 1.82) is 0 Å². The van der Waals surface area contributed by atoms with Crippen LogP contribution in [0.5, 0.6) is 5.75 Å². The molecule has 0 bridgehead atoms. The summed E-state index contributed by atoms with van der Waals surface area (Å²) in [7, 11) is -0.118. The summed E-state index contributed by atoms with van der Waals surface area (Å²) >= 11 is 0. The highest BCUT2D eigenvalue weighted by Gasteiger charge is 2.43. The second-order valence-electron chi connectivity index (χ2n) is 9.86. The van der Waals surface area contributed by atoms with Crippen LogP contribution in [0.3, 0.4) is 0 Å². The number of piperazine rings is 1. The number of hydrogen-bond acceptors (Lipinski definition) is 9. The summed E-state index contributed by atoms with van der Waals surface area (Å²) < 4.78 is 32.3. The second-order valence-corrected chi connectivity index (χ2v) is 11.8. The Balaban J connectivity index is 1.55. The molecule has 1 unspecified atom stereocenters. The molecule has 4 rings (SSSR count). The van der Waals surface area contributed by atoms with Crippen LogP contribution in [0.2, 0.25) is 0 Å². The lowest BCUT2D eigenvalue weighted by molar-refractivity contribution is -0.147. The molecule has 1 saturated heterocycles. The van der Waals surface area contributed by atoms with Crippen LogP contribution in [0.15, 0.2) is 22.0 Å². The lowest BCUT2D eigenvalue weighted by Gasteiger charge is -2.43. The minimum absolute atomic E-state index is 0.104. The number of likely N-dealkylation sites (N-methyl/N-ethyl adjacent to an activating group) is 1. The summed E-state index contributed by atoms with van der Waals surface area (Å²) in [5.74, 6) is -1.51. The molecular weight excluding hydrogens is 472 g/mol. The first-order valence-electron chi connectivity index (χ1n) is 12.2. The molecule has 0 amide bonds. The van der Waals surface area contributed by atoms with Gasteiger partial charge < -0.3 is 19.6 Å². The molecule has 2 heterocycles. The zero-order chi connectivity index (χ0) is 25.3. The summed E-state index contributed by atoms with van der Waals surface area (Å²) in [6.07, 6.45) is 2.74. The third kappa shape index (κ3) is 5.63. The first kappa shape index (κ1) is 25.9. The van der Waals surface area contributed by atoms with Gasteiger partial charge >= 0.3 is 11.9 Å². The number of carbonyl (C=O) groups is 1. The van der Waals surface area contributed by atoms with E-state index in [0.717, 1.165) is 51.9 Å².